The highest BCUT2D eigenvalue weighted by Gasteiger charge is 2.55. The zero-order valence-electron chi connectivity index (χ0n) is 18.5. The summed E-state index contributed by atoms with van der Waals surface area (Å²) in [6.07, 6.45) is 7.69. The molecule has 1 aromatic heterocycles. The number of halogens is 1. The lowest BCUT2D eigenvalue weighted by atomic mass is 9.61. The average molecular weight is 480 g/mol. The highest BCUT2D eigenvalue weighted by molar-refractivity contribution is 7.98. The van der Waals surface area contributed by atoms with Crippen molar-refractivity contribution in [2.24, 2.45) is 5.41 Å². The molecule has 2 aliphatic heterocycles. The first-order valence-electron chi connectivity index (χ1n) is 11.4. The van der Waals surface area contributed by atoms with E-state index in [1.54, 1.807) is 24.2 Å². The Balaban J connectivity index is 1.01. The molecule has 0 bridgehead atoms. The summed E-state index contributed by atoms with van der Waals surface area (Å²) in [4.78, 5) is 19.9. The number of nitrogens with zero attached hydrogens (tertiary/aromatic N) is 5. The molecule has 8 heteroatoms. The maximum absolute atomic E-state index is 12.9. The molecular weight excluding hydrogens is 454 g/mol. The van der Waals surface area contributed by atoms with Crippen LogP contribution in [0.25, 0.3) is 11.1 Å². The highest BCUT2D eigenvalue weighted by atomic mass is 35.5. The molecule has 2 saturated heterocycles. The van der Waals surface area contributed by atoms with Gasteiger partial charge in [-0.05, 0) is 47.9 Å². The fraction of sp³-hybridized carbons (Fsp3) is 0.400. The first kappa shape index (κ1) is 21.1. The number of rotatable bonds is 4. The number of hydrogen-bond donors (Lipinski definition) is 0. The lowest BCUT2D eigenvalue weighted by Crippen LogP contribution is -2.67. The number of carbonyl (C=O) groups is 1. The molecule has 0 N–H and O–H groups in total. The van der Waals surface area contributed by atoms with Crippen LogP contribution < -0.4 is 0 Å². The van der Waals surface area contributed by atoms with Crippen LogP contribution in [-0.4, -0.2) is 63.3 Å². The molecule has 2 amide bonds. The number of thioether (sulfide) groups is 1. The fourth-order valence-electron chi connectivity index (χ4n) is 5.56. The molecule has 6 nitrogen and oxygen atoms in total. The van der Waals surface area contributed by atoms with Crippen molar-refractivity contribution in [2.75, 3.05) is 32.4 Å². The Labute approximate surface area is 202 Å². The maximum atomic E-state index is 12.9. The summed E-state index contributed by atoms with van der Waals surface area (Å²) in [6.45, 7) is 3.35. The van der Waals surface area contributed by atoms with Crippen molar-refractivity contribution >= 4 is 29.4 Å². The average Bonchev–Trinajstić information content (AvgIpc) is 3.26. The fourth-order valence-corrected chi connectivity index (χ4v) is 6.45. The summed E-state index contributed by atoms with van der Waals surface area (Å²) in [7, 11) is 0. The lowest BCUT2D eigenvalue weighted by Gasteiger charge is -2.59. The monoisotopic (exact) mass is 479 g/mol. The number of hydrogen-bond acceptors (Lipinski definition) is 4. The van der Waals surface area contributed by atoms with E-state index < -0.39 is 0 Å². The number of benzene rings is 2. The zero-order valence-corrected chi connectivity index (χ0v) is 20.1. The third-order valence-electron chi connectivity index (χ3n) is 7.43. The van der Waals surface area contributed by atoms with E-state index >= 15 is 0 Å². The maximum Gasteiger partial charge on any atom is 0.320 e. The first-order chi connectivity index (χ1) is 16.0. The van der Waals surface area contributed by atoms with Gasteiger partial charge in [-0.15, -0.1) is 11.8 Å². The molecular formula is C25H26ClN5OS. The van der Waals surface area contributed by atoms with Crippen LogP contribution in [0.5, 0.6) is 0 Å². The molecule has 3 aliphatic rings. The van der Waals surface area contributed by atoms with Crippen LogP contribution >= 0.6 is 23.4 Å². The van der Waals surface area contributed by atoms with Crippen LogP contribution in [0.3, 0.4) is 0 Å². The molecule has 3 heterocycles. The van der Waals surface area contributed by atoms with Gasteiger partial charge in [0, 0.05) is 47.4 Å². The van der Waals surface area contributed by atoms with E-state index in [0.29, 0.717) is 17.4 Å². The summed E-state index contributed by atoms with van der Waals surface area (Å²) in [5.41, 5.74) is 4.00. The normalized spacial score (nSPS) is 19.8. The Morgan fingerprint density at radius 3 is 2.39 bits per heavy atom. The Morgan fingerprint density at radius 1 is 1.03 bits per heavy atom. The molecule has 1 saturated carbocycles. The molecule has 1 aliphatic carbocycles. The molecule has 3 aromatic rings. The number of carbonyl (C=O) groups excluding carboxylic acids is 1. The third-order valence-corrected chi connectivity index (χ3v) is 8.44. The Hall–Kier alpha value is -2.51. The molecule has 0 unspecified atom stereocenters. The van der Waals surface area contributed by atoms with Gasteiger partial charge < -0.3 is 9.80 Å². The first-order valence-corrected chi connectivity index (χ1v) is 13.0. The number of amides is 2. The van der Waals surface area contributed by atoms with Crippen LogP contribution in [0.4, 0.5) is 4.79 Å². The van der Waals surface area contributed by atoms with Gasteiger partial charge >= 0.3 is 6.03 Å². The van der Waals surface area contributed by atoms with Gasteiger partial charge in [-0.2, -0.15) is 15.0 Å². The quantitative estimate of drug-likeness (QED) is 0.484. The van der Waals surface area contributed by atoms with Gasteiger partial charge in [0.25, 0.3) is 0 Å². The van der Waals surface area contributed by atoms with Crippen molar-refractivity contribution < 1.29 is 4.79 Å². The molecule has 6 rings (SSSR count). The van der Waals surface area contributed by atoms with Gasteiger partial charge in [-0.1, -0.05) is 41.9 Å². The summed E-state index contributed by atoms with van der Waals surface area (Å²) in [6, 6.07) is 15.4. The Morgan fingerprint density at radius 2 is 1.73 bits per heavy atom. The van der Waals surface area contributed by atoms with Crippen molar-refractivity contribution in [3.63, 3.8) is 0 Å². The van der Waals surface area contributed by atoms with Crippen LogP contribution in [-0.2, 0) is 0 Å². The van der Waals surface area contributed by atoms with E-state index in [2.05, 4.69) is 46.8 Å². The minimum absolute atomic E-state index is 0.194. The predicted molar refractivity (Wildman–Crippen MR) is 131 cm³/mol. The molecule has 2 aromatic carbocycles. The molecule has 3 fully saturated rings. The molecule has 0 radical (unpaired) electrons. The second-order valence-electron chi connectivity index (χ2n) is 9.62. The summed E-state index contributed by atoms with van der Waals surface area (Å²) < 4.78 is 0. The second-order valence-corrected chi connectivity index (χ2v) is 10.9. The van der Waals surface area contributed by atoms with Crippen molar-refractivity contribution in [3.8, 4) is 11.1 Å². The molecule has 33 heavy (non-hydrogen) atoms. The minimum Gasteiger partial charge on any atom is -0.323 e. The van der Waals surface area contributed by atoms with E-state index in [-0.39, 0.29) is 6.03 Å². The van der Waals surface area contributed by atoms with Crippen LogP contribution in [0, 0.1) is 5.41 Å². The highest BCUT2D eigenvalue weighted by Crippen LogP contribution is 2.54. The van der Waals surface area contributed by atoms with E-state index in [0.717, 1.165) is 44.0 Å². The zero-order chi connectivity index (χ0) is 22.6. The van der Waals surface area contributed by atoms with Gasteiger partial charge in [-0.3, -0.25) is 0 Å². The Bertz CT molecular complexity index is 1160. The smallest absolute Gasteiger partial charge is 0.320 e. The predicted octanol–water partition coefficient (Wildman–Crippen LogP) is 5.18. The van der Waals surface area contributed by atoms with Crippen LogP contribution in [0.15, 0.2) is 59.8 Å². The SMILES string of the molecule is CSc1cc(Cl)ccc1-c1ccc(C2CN(C(=O)N3CC4(CC(n5nccn5)C4)C3)C2)cc1. The van der Waals surface area contributed by atoms with E-state index in [4.69, 9.17) is 11.6 Å². The Kier molecular flexibility index (Phi) is 5.14. The van der Waals surface area contributed by atoms with Gasteiger partial charge in [0.15, 0.2) is 0 Å². The minimum atomic E-state index is 0.194. The van der Waals surface area contributed by atoms with Gasteiger partial charge in [0.1, 0.15) is 0 Å². The third kappa shape index (κ3) is 3.71. The topological polar surface area (TPSA) is 54.3 Å². The van der Waals surface area contributed by atoms with Gasteiger partial charge in [0.05, 0.1) is 18.4 Å². The molecule has 1 spiro atoms. The summed E-state index contributed by atoms with van der Waals surface area (Å²) in [5, 5.41) is 9.26. The van der Waals surface area contributed by atoms with E-state index in [9.17, 15) is 4.79 Å². The van der Waals surface area contributed by atoms with E-state index in [1.165, 1.54) is 21.6 Å². The lowest BCUT2D eigenvalue weighted by molar-refractivity contribution is -0.0802. The van der Waals surface area contributed by atoms with Gasteiger partial charge in [0.2, 0.25) is 0 Å². The summed E-state index contributed by atoms with van der Waals surface area (Å²) in [5.74, 6) is 0.419. The van der Waals surface area contributed by atoms with Crippen LogP contribution in [0.1, 0.15) is 30.4 Å². The standard InChI is InChI=1S/C25H26ClN5OS/c1-33-23-10-20(26)6-7-22(23)18-4-2-17(3-5-18)19-13-29(14-19)24(32)30-15-25(16-30)11-21(12-25)31-27-8-9-28-31/h2-10,19,21H,11-16H2,1H3. The molecule has 0 atom stereocenters. The van der Waals surface area contributed by atoms with Crippen molar-refractivity contribution in [1.29, 1.82) is 0 Å². The van der Waals surface area contributed by atoms with Crippen molar-refractivity contribution in [3.05, 3.63) is 65.4 Å². The number of likely N-dealkylation sites (tertiary alicyclic amines) is 2. The number of urea groups is 1. The summed E-state index contributed by atoms with van der Waals surface area (Å²) >= 11 is 7.86. The van der Waals surface area contributed by atoms with Crippen molar-refractivity contribution in [2.45, 2.75) is 29.7 Å². The van der Waals surface area contributed by atoms with Gasteiger partial charge in [-0.25, -0.2) is 4.79 Å². The van der Waals surface area contributed by atoms with E-state index in [1.807, 2.05) is 26.7 Å². The van der Waals surface area contributed by atoms with Crippen LogP contribution in [0.2, 0.25) is 5.02 Å². The molecule has 170 valence electrons. The van der Waals surface area contributed by atoms with Crippen molar-refractivity contribution in [1.82, 2.24) is 24.8 Å². The number of aromatic nitrogens is 3. The second kappa shape index (κ2) is 8.06. The largest absolute Gasteiger partial charge is 0.323 e.